The highest BCUT2D eigenvalue weighted by Gasteiger charge is 2.14. The van der Waals surface area contributed by atoms with Gasteiger partial charge in [-0.05, 0) is 0 Å². The molecule has 3 nitrogen and oxygen atoms in total. The fraction of sp³-hybridized carbons (Fsp3) is 0.600. The van der Waals surface area contributed by atoms with E-state index in [0.29, 0.717) is 0 Å². The number of hydrogen-bond donors (Lipinski definition) is 1. The normalized spacial score (nSPS) is 25.6. The van der Waals surface area contributed by atoms with Gasteiger partial charge in [-0.15, -0.1) is 0 Å². The summed E-state index contributed by atoms with van der Waals surface area (Å²) in [6, 6.07) is 0. The smallest absolute Gasteiger partial charge is 0.372 e. The molecule has 3 heteroatoms. The van der Waals surface area contributed by atoms with Crippen LogP contribution in [-0.2, 0) is 9.59 Å². The van der Waals surface area contributed by atoms with Crippen molar-refractivity contribution in [3.8, 4) is 0 Å². The number of ketones is 1. The first-order valence-corrected chi connectivity index (χ1v) is 1.88. The summed E-state index contributed by atoms with van der Waals surface area (Å²) in [5, 5.41) is 8.16. The van der Waals surface area contributed by atoms with Crippen LogP contribution in [0.25, 0.3) is 0 Å². The molecule has 0 aromatic carbocycles. The Hall–Kier alpha value is -0.860. The van der Waals surface area contributed by atoms with Crippen molar-refractivity contribution in [1.29, 1.82) is 0 Å². The first kappa shape index (κ1) is 2.62. The van der Waals surface area contributed by atoms with Crippen LogP contribution in [0.4, 0.5) is 0 Å². The van der Waals surface area contributed by atoms with E-state index < -0.39 is 24.5 Å². The summed E-state index contributed by atoms with van der Waals surface area (Å²) in [5.74, 6) is -6.09. The van der Waals surface area contributed by atoms with Crippen molar-refractivity contribution in [3.05, 3.63) is 0 Å². The molecule has 8 heavy (non-hydrogen) atoms. The van der Waals surface area contributed by atoms with Crippen molar-refractivity contribution >= 4 is 11.8 Å². The second kappa shape index (κ2) is 2.45. The zero-order chi connectivity index (χ0) is 10.2. The molecule has 0 bridgehead atoms. The number of rotatable bonds is 2. The lowest BCUT2D eigenvalue weighted by atomic mass is 10.9. The first-order chi connectivity index (χ1) is 5.10. The summed E-state index contributed by atoms with van der Waals surface area (Å²) in [6.45, 7) is -2.15. The maximum atomic E-state index is 10.7. The van der Waals surface area contributed by atoms with E-state index in [9.17, 15) is 9.59 Å². The molecule has 0 aliphatic rings. The van der Waals surface area contributed by atoms with Crippen LogP contribution in [0.2, 0.25) is 0 Å². The molecule has 0 aliphatic heterocycles. The molecule has 0 saturated heterocycles. The predicted molar refractivity (Wildman–Crippen MR) is 27.5 cm³/mol. The van der Waals surface area contributed by atoms with E-state index in [2.05, 4.69) is 0 Å². The average molecular weight is 124 g/mol. The molecule has 0 aromatic heterocycles. The molecule has 1 atom stereocenters. The zero-order valence-electron chi connectivity index (χ0n) is 8.26. The van der Waals surface area contributed by atoms with Crippen molar-refractivity contribution < 1.29 is 20.2 Å². The summed E-state index contributed by atoms with van der Waals surface area (Å²) in [5.41, 5.74) is 0. The van der Waals surface area contributed by atoms with Crippen molar-refractivity contribution in [2.75, 3.05) is 0 Å². The Morgan fingerprint density at radius 2 is 2.38 bits per heavy atom. The lowest BCUT2D eigenvalue weighted by Crippen LogP contribution is -2.18. The molecule has 0 rings (SSSR count). The van der Waals surface area contributed by atoms with Crippen molar-refractivity contribution in [2.45, 2.75) is 13.8 Å². The van der Waals surface area contributed by atoms with Crippen LogP contribution < -0.4 is 0 Å². The lowest BCUT2D eigenvalue weighted by Gasteiger charge is -1.93. The Morgan fingerprint density at radius 1 is 1.88 bits per heavy atom. The average Bonchev–Trinajstić information content (AvgIpc) is 1.83. The highest BCUT2D eigenvalue weighted by molar-refractivity contribution is 6.33. The number of Topliss-reactive ketones (excluding diaryl/α,β-unsaturated/α-hetero) is 1. The van der Waals surface area contributed by atoms with Gasteiger partial charge in [0.25, 0.3) is 0 Å². The summed E-state index contributed by atoms with van der Waals surface area (Å²) >= 11 is 0. The standard InChI is InChI=1S/C5H8O3/c1-3(2)4(6)5(7)8/h3H,1-2H3,(H,7,8)/i1D3,2+1,3+1D,4+1,5+1. The number of carbonyl (C=O) groups excluding carboxylic acids is 1. The first-order valence-electron chi connectivity index (χ1n) is 3.88. The largest absolute Gasteiger partial charge is 0.475 e. The summed E-state index contributed by atoms with van der Waals surface area (Å²) in [6.07, 6.45) is 0. The Labute approximate surface area is 52.9 Å². The zero-order valence-corrected chi connectivity index (χ0v) is 4.26. The molecule has 0 saturated carbocycles. The molecule has 0 amide bonds. The Balaban J connectivity index is 4.87. The third-order valence-corrected chi connectivity index (χ3v) is 0.535. The highest BCUT2D eigenvalue weighted by Crippen LogP contribution is 1.92. The van der Waals surface area contributed by atoms with E-state index >= 15 is 0 Å². The van der Waals surface area contributed by atoms with E-state index in [1.807, 2.05) is 0 Å². The monoisotopic (exact) mass is 124 g/mol. The molecule has 0 aliphatic carbocycles. The molecule has 1 N–H and O–H groups in total. The van der Waals surface area contributed by atoms with E-state index in [1.54, 1.807) is 0 Å². The number of aliphatic carboxylic acids is 1. The predicted octanol–water partition coefficient (Wildman–Crippen LogP) is 0.296. The summed E-state index contributed by atoms with van der Waals surface area (Å²) < 4.78 is 27.2. The van der Waals surface area contributed by atoms with Gasteiger partial charge in [0.05, 0.1) is 0 Å². The maximum Gasteiger partial charge on any atom is 0.372 e. The van der Waals surface area contributed by atoms with Crippen molar-refractivity contribution in [1.82, 2.24) is 0 Å². The summed E-state index contributed by atoms with van der Waals surface area (Å²) in [4.78, 5) is 20.7. The summed E-state index contributed by atoms with van der Waals surface area (Å²) in [7, 11) is 0. The minimum atomic E-state index is -2.91. The van der Waals surface area contributed by atoms with Gasteiger partial charge in [-0.25, -0.2) is 4.79 Å². The van der Waals surface area contributed by atoms with Gasteiger partial charge in [0.1, 0.15) is 0 Å². The number of carbonyl (C=O) groups is 2. The van der Waals surface area contributed by atoms with Gasteiger partial charge in [-0.1, -0.05) is 13.8 Å². The van der Waals surface area contributed by atoms with Crippen LogP contribution in [0.5, 0.6) is 0 Å². The molecule has 1 unspecified atom stereocenters. The number of hydrogen-bond acceptors (Lipinski definition) is 2. The molecular weight excluding hydrogens is 112 g/mol. The Kier molecular flexibility index (Phi) is 0.801. The van der Waals surface area contributed by atoms with Crippen LogP contribution in [-0.4, -0.2) is 16.9 Å². The van der Waals surface area contributed by atoms with Gasteiger partial charge >= 0.3 is 5.97 Å². The molecule has 0 fully saturated rings. The number of carboxylic acids is 1. The van der Waals surface area contributed by atoms with Gasteiger partial charge in [-0.3, -0.25) is 4.79 Å². The minimum Gasteiger partial charge on any atom is -0.475 e. The van der Waals surface area contributed by atoms with E-state index in [1.165, 1.54) is 0 Å². The van der Waals surface area contributed by atoms with Gasteiger partial charge < -0.3 is 5.11 Å². The van der Waals surface area contributed by atoms with Gasteiger partial charge in [0.2, 0.25) is 5.78 Å². The second-order valence-electron chi connectivity index (χ2n) is 1.26. The quantitative estimate of drug-likeness (QED) is 0.425. The topological polar surface area (TPSA) is 54.4 Å². The van der Waals surface area contributed by atoms with Gasteiger partial charge in [0, 0.05) is 11.4 Å². The van der Waals surface area contributed by atoms with Crippen LogP contribution in [0.3, 0.4) is 0 Å². The second-order valence-corrected chi connectivity index (χ2v) is 1.26. The van der Waals surface area contributed by atoms with E-state index in [-0.39, 0.29) is 0 Å². The molecule has 0 aromatic rings. The third-order valence-electron chi connectivity index (χ3n) is 0.535. The lowest BCUT2D eigenvalue weighted by molar-refractivity contribution is -0.150. The van der Waals surface area contributed by atoms with Crippen LogP contribution >= 0.6 is 0 Å². The third kappa shape index (κ3) is 1.73. The molecule has 0 radical (unpaired) electrons. The van der Waals surface area contributed by atoms with Crippen molar-refractivity contribution in [2.24, 2.45) is 5.89 Å². The fourth-order valence-electron chi connectivity index (χ4n) is 0.160. The number of carboxylic acid groups (broad SMARTS) is 1. The van der Waals surface area contributed by atoms with Crippen molar-refractivity contribution in [3.63, 3.8) is 0 Å². The highest BCUT2D eigenvalue weighted by atomic mass is 16.5. The fourth-order valence-corrected chi connectivity index (χ4v) is 0.160. The molecule has 0 heterocycles. The molecular formula is C5H8O3. The van der Waals surface area contributed by atoms with Gasteiger partial charge in [-0.2, -0.15) is 0 Å². The van der Waals surface area contributed by atoms with Gasteiger partial charge in [0.15, 0.2) is 0 Å². The SMILES string of the molecule is [2H]C([2H])([2H])[13C]([2H])([13CH3])[13C](=O)[13C](=O)O. The van der Waals surface area contributed by atoms with Crippen LogP contribution in [0.1, 0.15) is 19.3 Å². The molecule has 46 valence electrons. The molecule has 0 spiro atoms. The van der Waals surface area contributed by atoms with E-state index in [0.717, 1.165) is 6.92 Å². The van der Waals surface area contributed by atoms with Crippen LogP contribution in [0.15, 0.2) is 0 Å². The van der Waals surface area contributed by atoms with E-state index in [4.69, 9.17) is 10.6 Å². The van der Waals surface area contributed by atoms with Crippen LogP contribution in [0, 0.1) is 5.89 Å². The maximum absolute atomic E-state index is 10.7. The Bertz CT molecular complexity index is 217. The minimum absolute atomic E-state index is 0.760. The Morgan fingerprint density at radius 3 is 2.50 bits per heavy atom.